The Bertz CT molecular complexity index is 168. The highest BCUT2D eigenvalue weighted by Crippen LogP contribution is 2.45. The van der Waals surface area contributed by atoms with Gasteiger partial charge in [-0.25, -0.2) is 0 Å². The van der Waals surface area contributed by atoms with Crippen molar-refractivity contribution < 1.29 is 10.2 Å². The molecule has 2 aliphatic rings. The molecule has 1 aliphatic heterocycles. The summed E-state index contributed by atoms with van der Waals surface area (Å²) in [6, 6.07) is 0. The average Bonchev–Trinajstić information content (AvgIpc) is 2.61. The predicted octanol–water partition coefficient (Wildman–Crippen LogP) is -0.215. The quantitative estimate of drug-likeness (QED) is 0.625. The van der Waals surface area contributed by atoms with E-state index >= 15 is 0 Å². The fourth-order valence-corrected chi connectivity index (χ4v) is 3.22. The van der Waals surface area contributed by atoms with E-state index in [4.69, 9.17) is 0 Å². The summed E-state index contributed by atoms with van der Waals surface area (Å²) >= 11 is 0. The summed E-state index contributed by atoms with van der Waals surface area (Å²) in [4.78, 5) is 2.32. The van der Waals surface area contributed by atoms with E-state index < -0.39 is 0 Å². The molecule has 4 atom stereocenters. The Balaban J connectivity index is 2.07. The SMILES string of the molecule is CN1CC2C(CO)CC(CO)C2C1. The molecular formula is C10H19NO2. The molecule has 1 saturated carbocycles. The van der Waals surface area contributed by atoms with E-state index in [1.165, 1.54) is 0 Å². The molecule has 0 bridgehead atoms. The molecule has 0 aromatic rings. The maximum absolute atomic E-state index is 9.21. The van der Waals surface area contributed by atoms with Gasteiger partial charge in [0, 0.05) is 26.3 Å². The third-order valence-corrected chi connectivity index (χ3v) is 3.88. The molecule has 0 radical (unpaired) electrons. The van der Waals surface area contributed by atoms with Gasteiger partial charge in [-0.15, -0.1) is 0 Å². The number of nitrogens with zero attached hydrogens (tertiary/aromatic N) is 1. The van der Waals surface area contributed by atoms with Crippen molar-refractivity contribution in [3.8, 4) is 0 Å². The molecule has 1 heterocycles. The van der Waals surface area contributed by atoms with Crippen molar-refractivity contribution in [3.05, 3.63) is 0 Å². The Kier molecular flexibility index (Phi) is 2.58. The van der Waals surface area contributed by atoms with E-state index in [0.29, 0.717) is 36.9 Å². The van der Waals surface area contributed by atoms with E-state index in [-0.39, 0.29) is 0 Å². The van der Waals surface area contributed by atoms with Crippen LogP contribution in [0.3, 0.4) is 0 Å². The molecule has 4 unspecified atom stereocenters. The number of aliphatic hydroxyl groups excluding tert-OH is 2. The first-order valence-corrected chi connectivity index (χ1v) is 5.16. The van der Waals surface area contributed by atoms with Gasteiger partial charge in [0.2, 0.25) is 0 Å². The Morgan fingerprint density at radius 2 is 1.54 bits per heavy atom. The molecule has 3 heteroatoms. The third kappa shape index (κ3) is 1.49. The molecule has 2 rings (SSSR count). The molecule has 1 aliphatic carbocycles. The monoisotopic (exact) mass is 185 g/mol. The normalized spacial score (nSPS) is 45.5. The fourth-order valence-electron chi connectivity index (χ4n) is 3.22. The number of fused-ring (bicyclic) bond motifs is 1. The predicted molar refractivity (Wildman–Crippen MR) is 50.2 cm³/mol. The van der Waals surface area contributed by atoms with Crippen molar-refractivity contribution in [1.29, 1.82) is 0 Å². The maximum Gasteiger partial charge on any atom is 0.0462 e. The van der Waals surface area contributed by atoms with Gasteiger partial charge in [-0.1, -0.05) is 0 Å². The van der Waals surface area contributed by atoms with Crippen LogP contribution in [0.5, 0.6) is 0 Å². The number of likely N-dealkylation sites (tertiary alicyclic amines) is 1. The van der Waals surface area contributed by atoms with Gasteiger partial charge in [0.25, 0.3) is 0 Å². The van der Waals surface area contributed by atoms with Crippen molar-refractivity contribution in [2.24, 2.45) is 23.7 Å². The second-order valence-corrected chi connectivity index (χ2v) is 4.67. The van der Waals surface area contributed by atoms with Crippen LogP contribution in [0.4, 0.5) is 0 Å². The molecule has 0 spiro atoms. The lowest BCUT2D eigenvalue weighted by Gasteiger charge is -2.15. The van der Waals surface area contributed by atoms with Crippen LogP contribution >= 0.6 is 0 Å². The molecule has 0 aromatic carbocycles. The lowest BCUT2D eigenvalue weighted by atomic mass is 9.91. The van der Waals surface area contributed by atoms with Crippen LogP contribution in [-0.2, 0) is 0 Å². The Labute approximate surface area is 79.4 Å². The molecule has 2 N–H and O–H groups in total. The van der Waals surface area contributed by atoms with E-state index in [0.717, 1.165) is 19.5 Å². The Hall–Kier alpha value is -0.120. The van der Waals surface area contributed by atoms with Crippen LogP contribution in [0, 0.1) is 23.7 Å². The van der Waals surface area contributed by atoms with Gasteiger partial charge in [0.15, 0.2) is 0 Å². The summed E-state index contributed by atoms with van der Waals surface area (Å²) in [6.45, 7) is 2.80. The second-order valence-electron chi connectivity index (χ2n) is 4.67. The van der Waals surface area contributed by atoms with E-state index in [1.807, 2.05) is 0 Å². The zero-order chi connectivity index (χ0) is 9.42. The number of aliphatic hydroxyl groups is 2. The van der Waals surface area contributed by atoms with Gasteiger partial charge in [0.05, 0.1) is 0 Å². The first-order chi connectivity index (χ1) is 6.26. The summed E-state index contributed by atoms with van der Waals surface area (Å²) in [5.41, 5.74) is 0. The summed E-state index contributed by atoms with van der Waals surface area (Å²) < 4.78 is 0. The Morgan fingerprint density at radius 1 is 1.08 bits per heavy atom. The van der Waals surface area contributed by atoms with Crippen LogP contribution in [0.25, 0.3) is 0 Å². The van der Waals surface area contributed by atoms with Gasteiger partial charge < -0.3 is 15.1 Å². The van der Waals surface area contributed by atoms with Crippen LogP contribution in [0.1, 0.15) is 6.42 Å². The number of hydrogen-bond donors (Lipinski definition) is 2. The van der Waals surface area contributed by atoms with Crippen molar-refractivity contribution in [2.75, 3.05) is 33.4 Å². The first kappa shape index (κ1) is 9.44. The van der Waals surface area contributed by atoms with Crippen molar-refractivity contribution >= 4 is 0 Å². The molecule has 3 nitrogen and oxygen atoms in total. The van der Waals surface area contributed by atoms with Gasteiger partial charge >= 0.3 is 0 Å². The molecular weight excluding hydrogens is 166 g/mol. The minimum atomic E-state index is 0.297. The highest BCUT2D eigenvalue weighted by Gasteiger charge is 2.46. The minimum absolute atomic E-state index is 0.297. The van der Waals surface area contributed by atoms with E-state index in [2.05, 4.69) is 11.9 Å². The zero-order valence-corrected chi connectivity index (χ0v) is 8.19. The van der Waals surface area contributed by atoms with Crippen molar-refractivity contribution in [2.45, 2.75) is 6.42 Å². The van der Waals surface area contributed by atoms with Crippen LogP contribution in [0.2, 0.25) is 0 Å². The molecule has 0 amide bonds. The third-order valence-electron chi connectivity index (χ3n) is 3.88. The fraction of sp³-hybridized carbons (Fsp3) is 1.00. The lowest BCUT2D eigenvalue weighted by molar-refractivity contribution is 0.175. The largest absolute Gasteiger partial charge is 0.396 e. The average molecular weight is 185 g/mol. The van der Waals surface area contributed by atoms with E-state index in [9.17, 15) is 10.2 Å². The van der Waals surface area contributed by atoms with Gasteiger partial charge in [-0.2, -0.15) is 0 Å². The topological polar surface area (TPSA) is 43.7 Å². The molecule has 0 aromatic heterocycles. The Morgan fingerprint density at radius 3 is 1.92 bits per heavy atom. The van der Waals surface area contributed by atoms with Gasteiger partial charge in [-0.05, 0) is 37.1 Å². The van der Waals surface area contributed by atoms with Gasteiger partial charge in [0.1, 0.15) is 0 Å². The molecule has 2 fully saturated rings. The van der Waals surface area contributed by atoms with Crippen molar-refractivity contribution in [3.63, 3.8) is 0 Å². The molecule has 1 saturated heterocycles. The van der Waals surface area contributed by atoms with Crippen LogP contribution in [0.15, 0.2) is 0 Å². The van der Waals surface area contributed by atoms with E-state index in [1.54, 1.807) is 0 Å². The summed E-state index contributed by atoms with van der Waals surface area (Å²) in [7, 11) is 2.13. The first-order valence-electron chi connectivity index (χ1n) is 5.16. The second kappa shape index (κ2) is 3.56. The standard InChI is InChI=1S/C10H19NO2/c1-11-3-9-7(5-12)2-8(6-13)10(9)4-11/h7-10,12-13H,2-6H2,1H3. The molecule has 13 heavy (non-hydrogen) atoms. The lowest BCUT2D eigenvalue weighted by Crippen LogP contribution is -2.21. The number of rotatable bonds is 2. The number of hydrogen-bond acceptors (Lipinski definition) is 3. The van der Waals surface area contributed by atoms with Crippen LogP contribution in [-0.4, -0.2) is 48.5 Å². The van der Waals surface area contributed by atoms with Crippen molar-refractivity contribution in [1.82, 2.24) is 4.90 Å². The van der Waals surface area contributed by atoms with Gasteiger partial charge in [-0.3, -0.25) is 0 Å². The highest BCUT2D eigenvalue weighted by atomic mass is 16.3. The maximum atomic E-state index is 9.21. The van der Waals surface area contributed by atoms with Crippen LogP contribution < -0.4 is 0 Å². The highest BCUT2D eigenvalue weighted by molar-refractivity contribution is 4.96. The minimum Gasteiger partial charge on any atom is -0.396 e. The summed E-state index contributed by atoms with van der Waals surface area (Å²) in [6.07, 6.45) is 1.02. The summed E-state index contributed by atoms with van der Waals surface area (Å²) in [5.74, 6) is 2.14. The molecule has 76 valence electrons. The smallest absolute Gasteiger partial charge is 0.0462 e. The summed E-state index contributed by atoms with van der Waals surface area (Å²) in [5, 5.41) is 18.4. The zero-order valence-electron chi connectivity index (χ0n) is 8.19.